The Labute approximate surface area is 178 Å². The van der Waals surface area contributed by atoms with Crippen molar-refractivity contribution in [3.8, 4) is 0 Å². The first-order valence-electron chi connectivity index (χ1n) is 11.2. The second-order valence-electron chi connectivity index (χ2n) is 8.93. The molecule has 3 aromatic rings. The van der Waals surface area contributed by atoms with E-state index in [1.165, 1.54) is 23.2 Å². The first-order chi connectivity index (χ1) is 14.7. The van der Waals surface area contributed by atoms with Gasteiger partial charge in [0, 0.05) is 55.7 Å². The van der Waals surface area contributed by atoms with Crippen molar-refractivity contribution in [1.29, 1.82) is 0 Å². The summed E-state index contributed by atoms with van der Waals surface area (Å²) in [5.41, 5.74) is 4.07. The van der Waals surface area contributed by atoms with E-state index in [9.17, 15) is 4.79 Å². The highest BCUT2D eigenvalue weighted by atomic mass is 16.1. The van der Waals surface area contributed by atoms with E-state index in [1.807, 2.05) is 29.2 Å². The van der Waals surface area contributed by atoms with Gasteiger partial charge in [0.2, 0.25) is 0 Å². The van der Waals surface area contributed by atoms with Crippen molar-refractivity contribution in [2.24, 2.45) is 5.92 Å². The molecule has 0 N–H and O–H groups in total. The van der Waals surface area contributed by atoms with Crippen molar-refractivity contribution in [2.45, 2.75) is 51.2 Å². The second kappa shape index (κ2) is 8.23. The van der Waals surface area contributed by atoms with Crippen LogP contribution >= 0.6 is 0 Å². The van der Waals surface area contributed by atoms with Gasteiger partial charge in [-0.1, -0.05) is 43.7 Å². The van der Waals surface area contributed by atoms with Crippen LogP contribution in [0.5, 0.6) is 0 Å². The van der Waals surface area contributed by atoms with Crippen LogP contribution in [-0.4, -0.2) is 32.3 Å². The van der Waals surface area contributed by atoms with Crippen molar-refractivity contribution >= 4 is 0 Å². The highest BCUT2D eigenvalue weighted by Crippen LogP contribution is 2.43. The van der Waals surface area contributed by atoms with Gasteiger partial charge >= 0.3 is 0 Å². The molecule has 0 unspecified atom stereocenters. The molecule has 0 saturated carbocycles. The van der Waals surface area contributed by atoms with Gasteiger partial charge in [-0.25, -0.2) is 0 Å². The van der Waals surface area contributed by atoms with E-state index in [2.05, 4.69) is 51.8 Å². The highest BCUT2D eigenvalue weighted by Gasteiger charge is 2.39. The SMILES string of the molecule is CCC[C@H]1[C@H]2C[C@H](CN(Cc3cccc(Cn4cccn4)c3)C2)c2cccc(=O)n21. The quantitative estimate of drug-likeness (QED) is 0.625. The minimum atomic E-state index is 0.181. The topological polar surface area (TPSA) is 43.1 Å². The fourth-order valence-corrected chi connectivity index (χ4v) is 5.60. The van der Waals surface area contributed by atoms with Crippen LogP contribution in [0.4, 0.5) is 0 Å². The summed E-state index contributed by atoms with van der Waals surface area (Å²) in [5, 5.41) is 4.33. The lowest BCUT2D eigenvalue weighted by Gasteiger charge is -2.47. The highest BCUT2D eigenvalue weighted by molar-refractivity contribution is 5.25. The number of hydrogen-bond donors (Lipinski definition) is 0. The number of nitrogens with zero attached hydrogens (tertiary/aromatic N) is 4. The van der Waals surface area contributed by atoms with Gasteiger partial charge in [-0.05, 0) is 42.0 Å². The molecule has 5 nitrogen and oxygen atoms in total. The van der Waals surface area contributed by atoms with Crippen molar-refractivity contribution in [3.63, 3.8) is 0 Å². The van der Waals surface area contributed by atoms with Gasteiger partial charge in [0.05, 0.1) is 6.54 Å². The molecule has 2 bridgehead atoms. The Bertz CT molecular complexity index is 1060. The molecule has 1 aromatic carbocycles. The van der Waals surface area contributed by atoms with Crippen LogP contribution in [0.1, 0.15) is 55.0 Å². The van der Waals surface area contributed by atoms with Crippen LogP contribution in [0.3, 0.4) is 0 Å². The van der Waals surface area contributed by atoms with Crippen molar-refractivity contribution in [2.75, 3.05) is 13.1 Å². The van der Waals surface area contributed by atoms with E-state index in [0.717, 1.165) is 39.0 Å². The van der Waals surface area contributed by atoms with Gasteiger partial charge in [-0.3, -0.25) is 14.4 Å². The van der Waals surface area contributed by atoms with E-state index in [1.54, 1.807) is 6.07 Å². The Hall–Kier alpha value is -2.66. The fraction of sp³-hybridized carbons (Fsp3) is 0.440. The second-order valence-corrected chi connectivity index (χ2v) is 8.93. The maximum atomic E-state index is 12.7. The van der Waals surface area contributed by atoms with Crippen LogP contribution in [0, 0.1) is 5.92 Å². The molecular formula is C25H30N4O. The molecule has 30 heavy (non-hydrogen) atoms. The molecule has 0 radical (unpaired) electrons. The Balaban J connectivity index is 1.36. The summed E-state index contributed by atoms with van der Waals surface area (Å²) in [5.74, 6) is 1.02. The van der Waals surface area contributed by atoms with Crippen LogP contribution in [0.2, 0.25) is 0 Å². The van der Waals surface area contributed by atoms with Crippen molar-refractivity contribution in [1.82, 2.24) is 19.2 Å². The number of likely N-dealkylation sites (tertiary alicyclic amines) is 1. The molecule has 156 valence electrons. The third kappa shape index (κ3) is 3.74. The molecule has 0 amide bonds. The van der Waals surface area contributed by atoms with Gasteiger partial charge < -0.3 is 4.57 Å². The van der Waals surface area contributed by atoms with E-state index in [-0.39, 0.29) is 5.56 Å². The maximum Gasteiger partial charge on any atom is 0.250 e. The molecule has 5 heteroatoms. The predicted octanol–water partition coefficient (Wildman–Crippen LogP) is 4.05. The third-order valence-corrected chi connectivity index (χ3v) is 6.76. The average molecular weight is 403 g/mol. The van der Waals surface area contributed by atoms with Gasteiger partial charge in [-0.2, -0.15) is 5.10 Å². The summed E-state index contributed by atoms with van der Waals surface area (Å²) in [4.78, 5) is 15.3. The van der Waals surface area contributed by atoms with E-state index in [0.29, 0.717) is 17.9 Å². The maximum absolute atomic E-state index is 12.7. The first-order valence-corrected chi connectivity index (χ1v) is 11.2. The van der Waals surface area contributed by atoms with Crippen LogP contribution < -0.4 is 5.56 Å². The van der Waals surface area contributed by atoms with E-state index < -0.39 is 0 Å². The zero-order valence-corrected chi connectivity index (χ0v) is 17.7. The lowest BCUT2D eigenvalue weighted by atomic mass is 9.77. The van der Waals surface area contributed by atoms with Crippen LogP contribution in [0.25, 0.3) is 0 Å². The number of rotatable bonds is 6. The Morgan fingerprint density at radius 3 is 2.67 bits per heavy atom. The smallest absolute Gasteiger partial charge is 0.250 e. The van der Waals surface area contributed by atoms with Crippen LogP contribution in [0.15, 0.2) is 65.7 Å². The number of piperidine rings is 1. The molecule has 2 aromatic heterocycles. The number of hydrogen-bond acceptors (Lipinski definition) is 3. The summed E-state index contributed by atoms with van der Waals surface area (Å²) in [6.07, 6.45) is 7.24. The molecule has 1 fully saturated rings. The summed E-state index contributed by atoms with van der Waals surface area (Å²) in [7, 11) is 0. The molecule has 1 saturated heterocycles. The molecule has 4 heterocycles. The molecule has 3 atom stereocenters. The van der Waals surface area contributed by atoms with Gasteiger partial charge in [-0.15, -0.1) is 0 Å². The first kappa shape index (κ1) is 19.3. The van der Waals surface area contributed by atoms with Gasteiger partial charge in [0.1, 0.15) is 0 Å². The van der Waals surface area contributed by atoms with Gasteiger partial charge in [0.15, 0.2) is 0 Å². The van der Waals surface area contributed by atoms with Crippen molar-refractivity contribution in [3.05, 3.63) is 88.1 Å². The largest absolute Gasteiger partial charge is 0.309 e. The molecule has 2 aliphatic heterocycles. The summed E-state index contributed by atoms with van der Waals surface area (Å²) >= 11 is 0. The zero-order chi connectivity index (χ0) is 20.5. The average Bonchev–Trinajstić information content (AvgIpc) is 3.24. The number of aromatic nitrogens is 3. The number of benzene rings is 1. The molecule has 2 aliphatic rings. The minimum absolute atomic E-state index is 0.181. The van der Waals surface area contributed by atoms with E-state index >= 15 is 0 Å². The third-order valence-electron chi connectivity index (χ3n) is 6.76. The Kier molecular flexibility index (Phi) is 5.30. The Morgan fingerprint density at radius 2 is 1.87 bits per heavy atom. The number of fused-ring (bicyclic) bond motifs is 4. The summed E-state index contributed by atoms with van der Waals surface area (Å²) in [6, 6.07) is 17.0. The molecule has 5 rings (SSSR count). The summed E-state index contributed by atoms with van der Waals surface area (Å²) < 4.78 is 4.10. The Morgan fingerprint density at radius 1 is 1.03 bits per heavy atom. The molecule has 0 aliphatic carbocycles. The van der Waals surface area contributed by atoms with Crippen molar-refractivity contribution < 1.29 is 0 Å². The summed E-state index contributed by atoms with van der Waals surface area (Å²) in [6.45, 7) is 6.11. The molecule has 0 spiro atoms. The van der Waals surface area contributed by atoms with Crippen LogP contribution in [-0.2, 0) is 13.1 Å². The fourth-order valence-electron chi connectivity index (χ4n) is 5.60. The number of pyridine rings is 1. The normalized spacial score (nSPS) is 23.3. The van der Waals surface area contributed by atoms with Gasteiger partial charge in [0.25, 0.3) is 5.56 Å². The van der Waals surface area contributed by atoms with E-state index in [4.69, 9.17) is 0 Å². The monoisotopic (exact) mass is 402 g/mol. The standard InChI is InChI=1S/C25H30N4O/c1-2-6-23-21-14-22(24-9-4-10-25(30)29(23)24)18-27(17-21)15-19-7-3-8-20(13-19)16-28-12-5-11-26-28/h3-5,7-13,21-23H,2,6,14-18H2,1H3/t21-,22+,23-/m0/s1. The lowest BCUT2D eigenvalue weighted by Crippen LogP contribution is -2.49. The zero-order valence-electron chi connectivity index (χ0n) is 17.7. The predicted molar refractivity (Wildman–Crippen MR) is 119 cm³/mol. The minimum Gasteiger partial charge on any atom is -0.309 e. The lowest BCUT2D eigenvalue weighted by molar-refractivity contribution is 0.0817. The molecular weight excluding hydrogens is 372 g/mol.